The molecule has 4 heteroatoms. The zero-order chi connectivity index (χ0) is 16.1. The predicted molar refractivity (Wildman–Crippen MR) is 95.3 cm³/mol. The van der Waals surface area contributed by atoms with Crippen molar-refractivity contribution in [3.63, 3.8) is 0 Å². The van der Waals surface area contributed by atoms with Gasteiger partial charge >= 0.3 is 0 Å². The van der Waals surface area contributed by atoms with E-state index < -0.39 is 0 Å². The summed E-state index contributed by atoms with van der Waals surface area (Å²) >= 11 is 3.42. The van der Waals surface area contributed by atoms with E-state index in [0.717, 1.165) is 26.9 Å². The highest BCUT2D eigenvalue weighted by Crippen LogP contribution is 2.25. The summed E-state index contributed by atoms with van der Waals surface area (Å²) in [5.41, 5.74) is 10.2. The van der Waals surface area contributed by atoms with E-state index in [2.05, 4.69) is 15.9 Å². The summed E-state index contributed by atoms with van der Waals surface area (Å²) in [6, 6.07) is 15.6. The molecule has 2 rings (SSSR count). The number of hydrogen-bond acceptors (Lipinski definition) is 3. The highest BCUT2D eigenvalue weighted by molar-refractivity contribution is 9.10. The summed E-state index contributed by atoms with van der Waals surface area (Å²) in [4.78, 5) is 0. The van der Waals surface area contributed by atoms with Gasteiger partial charge < -0.3 is 15.9 Å². The molecule has 0 aromatic heterocycles. The van der Waals surface area contributed by atoms with E-state index in [4.69, 9.17) is 15.9 Å². The molecule has 114 valence electrons. The number of nitrogens with two attached hydrogens (primary N) is 1. The lowest BCUT2D eigenvalue weighted by molar-refractivity contribution is 0.410. The molecule has 0 saturated carbocycles. The van der Waals surface area contributed by atoms with Crippen molar-refractivity contribution in [2.75, 3.05) is 7.11 Å². The minimum atomic E-state index is 0.464. The van der Waals surface area contributed by atoms with Crippen LogP contribution in [-0.2, 0) is 6.42 Å². The lowest BCUT2D eigenvalue weighted by atomic mass is 9.96. The normalized spacial score (nSPS) is 11.8. The summed E-state index contributed by atoms with van der Waals surface area (Å²) in [7, 11) is 1.65. The molecule has 0 bridgehead atoms. The molecule has 22 heavy (non-hydrogen) atoms. The van der Waals surface area contributed by atoms with E-state index in [1.165, 1.54) is 0 Å². The lowest BCUT2D eigenvalue weighted by Gasteiger charge is -2.14. The van der Waals surface area contributed by atoms with E-state index in [1.807, 2.05) is 48.5 Å². The second-order valence-electron chi connectivity index (χ2n) is 5.01. The van der Waals surface area contributed by atoms with Gasteiger partial charge in [-0.2, -0.15) is 0 Å². The molecule has 0 fully saturated rings. The third-order valence-corrected chi connectivity index (χ3v) is 4.02. The number of para-hydroxylation sites is 1. The van der Waals surface area contributed by atoms with Crippen molar-refractivity contribution in [2.24, 2.45) is 5.73 Å². The van der Waals surface area contributed by atoms with Crippen LogP contribution in [0.2, 0.25) is 0 Å². The highest BCUT2D eigenvalue weighted by atomic mass is 79.9. The molecule has 0 amide bonds. The maximum atomic E-state index is 8.06. The molecule has 0 saturated heterocycles. The second kappa shape index (κ2) is 7.27. The molecular weight excluding hydrogens is 340 g/mol. The van der Waals surface area contributed by atoms with Crippen LogP contribution in [0.1, 0.15) is 18.1 Å². The first kappa shape index (κ1) is 16.3. The Morgan fingerprint density at radius 1 is 1.14 bits per heavy atom. The van der Waals surface area contributed by atoms with Crippen LogP contribution in [-0.4, -0.2) is 12.8 Å². The summed E-state index contributed by atoms with van der Waals surface area (Å²) in [6.45, 7) is 1.76. The van der Waals surface area contributed by atoms with E-state index in [0.29, 0.717) is 17.8 Å². The maximum absolute atomic E-state index is 8.06. The molecule has 0 radical (unpaired) electrons. The molecule has 0 spiro atoms. The number of methoxy groups -OCH3 is 1. The Morgan fingerprint density at radius 2 is 1.77 bits per heavy atom. The second-order valence-corrected chi connectivity index (χ2v) is 5.93. The fourth-order valence-corrected chi connectivity index (χ4v) is 2.54. The predicted octanol–water partition coefficient (Wildman–Crippen LogP) is 4.41. The number of halogens is 1. The highest BCUT2D eigenvalue weighted by Gasteiger charge is 2.12. The lowest BCUT2D eigenvalue weighted by Crippen LogP contribution is -2.10. The van der Waals surface area contributed by atoms with Crippen LogP contribution in [0.5, 0.6) is 5.75 Å². The minimum absolute atomic E-state index is 0.464. The number of benzene rings is 2. The summed E-state index contributed by atoms with van der Waals surface area (Å²) < 4.78 is 6.39. The SMILES string of the molecule is COc1ccccc1C/C(C(C)=N)=C(/N)c1ccc(Br)cc1. The molecule has 0 atom stereocenters. The Labute approximate surface area is 139 Å². The average molecular weight is 359 g/mol. The van der Waals surface area contributed by atoms with Crippen LogP contribution in [0.3, 0.4) is 0 Å². The Bertz CT molecular complexity index is 705. The molecule has 2 aromatic carbocycles. The fourth-order valence-electron chi connectivity index (χ4n) is 2.27. The molecule has 3 N–H and O–H groups in total. The molecule has 0 aliphatic heterocycles. The number of allylic oxidation sites excluding steroid dienone is 1. The van der Waals surface area contributed by atoms with Gasteiger partial charge in [-0.25, -0.2) is 0 Å². The van der Waals surface area contributed by atoms with Crippen LogP contribution in [0, 0.1) is 5.41 Å². The van der Waals surface area contributed by atoms with E-state index >= 15 is 0 Å². The first-order chi connectivity index (χ1) is 10.5. The zero-order valence-corrected chi connectivity index (χ0v) is 14.3. The van der Waals surface area contributed by atoms with E-state index in [1.54, 1.807) is 14.0 Å². The molecule has 0 aliphatic carbocycles. The van der Waals surface area contributed by atoms with Gasteiger partial charge in [0.2, 0.25) is 0 Å². The molecule has 2 aromatic rings. The van der Waals surface area contributed by atoms with Crippen LogP contribution >= 0.6 is 15.9 Å². The summed E-state index contributed by atoms with van der Waals surface area (Å²) in [5.74, 6) is 0.810. The quantitative estimate of drug-likeness (QED) is 0.777. The molecule has 0 unspecified atom stereocenters. The smallest absolute Gasteiger partial charge is 0.122 e. The largest absolute Gasteiger partial charge is 0.496 e. The Balaban J connectivity index is 2.43. The van der Waals surface area contributed by atoms with Gasteiger partial charge in [0.1, 0.15) is 5.75 Å². The summed E-state index contributed by atoms with van der Waals surface area (Å²) in [6.07, 6.45) is 0.571. The van der Waals surface area contributed by atoms with Gasteiger partial charge in [-0.15, -0.1) is 0 Å². The first-order valence-electron chi connectivity index (χ1n) is 6.95. The minimum Gasteiger partial charge on any atom is -0.496 e. The van der Waals surface area contributed by atoms with Gasteiger partial charge in [-0.3, -0.25) is 0 Å². The fraction of sp³-hybridized carbons (Fsp3) is 0.167. The Hall–Kier alpha value is -2.07. The van der Waals surface area contributed by atoms with Gasteiger partial charge in [0.15, 0.2) is 0 Å². The number of nitrogens with one attached hydrogen (secondary N) is 1. The zero-order valence-electron chi connectivity index (χ0n) is 12.7. The van der Waals surface area contributed by atoms with Gasteiger partial charge in [-0.05, 0) is 36.2 Å². The van der Waals surface area contributed by atoms with Crippen LogP contribution in [0.25, 0.3) is 5.70 Å². The van der Waals surface area contributed by atoms with Crippen LogP contribution in [0.4, 0.5) is 0 Å². The number of ether oxygens (including phenoxy) is 1. The maximum Gasteiger partial charge on any atom is 0.122 e. The van der Waals surface area contributed by atoms with Crippen molar-refractivity contribution in [3.8, 4) is 5.75 Å². The Morgan fingerprint density at radius 3 is 2.36 bits per heavy atom. The number of rotatable bonds is 5. The van der Waals surface area contributed by atoms with E-state index in [-0.39, 0.29) is 0 Å². The van der Waals surface area contributed by atoms with Gasteiger partial charge in [0.25, 0.3) is 0 Å². The van der Waals surface area contributed by atoms with Crippen molar-refractivity contribution in [1.29, 1.82) is 5.41 Å². The van der Waals surface area contributed by atoms with Crippen LogP contribution in [0.15, 0.2) is 58.6 Å². The average Bonchev–Trinajstić information content (AvgIpc) is 2.52. The van der Waals surface area contributed by atoms with Crippen molar-refractivity contribution in [3.05, 3.63) is 69.7 Å². The third kappa shape index (κ3) is 3.77. The Kier molecular flexibility index (Phi) is 5.39. The van der Waals surface area contributed by atoms with Gasteiger partial charge in [0, 0.05) is 27.9 Å². The van der Waals surface area contributed by atoms with E-state index in [9.17, 15) is 0 Å². The molecule has 0 aliphatic rings. The summed E-state index contributed by atoms with van der Waals surface area (Å²) in [5, 5.41) is 8.06. The van der Waals surface area contributed by atoms with Crippen LogP contribution < -0.4 is 10.5 Å². The van der Waals surface area contributed by atoms with Crippen molar-refractivity contribution >= 4 is 27.3 Å². The first-order valence-corrected chi connectivity index (χ1v) is 7.74. The monoisotopic (exact) mass is 358 g/mol. The topological polar surface area (TPSA) is 59.1 Å². The third-order valence-electron chi connectivity index (χ3n) is 3.49. The van der Waals surface area contributed by atoms with Crippen molar-refractivity contribution in [1.82, 2.24) is 0 Å². The van der Waals surface area contributed by atoms with Gasteiger partial charge in [-0.1, -0.05) is 46.3 Å². The molecule has 3 nitrogen and oxygen atoms in total. The van der Waals surface area contributed by atoms with Gasteiger partial charge in [0.05, 0.1) is 7.11 Å². The number of hydrogen-bond donors (Lipinski definition) is 2. The van der Waals surface area contributed by atoms with Crippen molar-refractivity contribution in [2.45, 2.75) is 13.3 Å². The standard InChI is InChI=1S/C18H19BrN2O/c1-12(20)16(11-14-5-3-4-6-17(14)22-2)18(21)13-7-9-15(19)10-8-13/h3-10,20H,11,21H2,1-2H3/b18-16-,20-12?. The molecule has 0 heterocycles. The van der Waals surface area contributed by atoms with Crippen molar-refractivity contribution < 1.29 is 4.74 Å². The molecular formula is C18H19BrN2O.